The zero-order chi connectivity index (χ0) is 18.7. The van der Waals surface area contributed by atoms with Crippen LogP contribution in [0, 0.1) is 0 Å². The molecular formula is C17H20F3N4OP. The molecule has 1 aromatic heterocycles. The lowest BCUT2D eigenvalue weighted by molar-refractivity contribution is 0.0784. The quantitative estimate of drug-likeness (QED) is 0.708. The van der Waals surface area contributed by atoms with Gasteiger partial charge in [0.25, 0.3) is 5.66 Å². The molecule has 1 aliphatic carbocycles. The van der Waals surface area contributed by atoms with E-state index >= 15 is 0 Å². The highest BCUT2D eigenvalue weighted by Gasteiger charge is 2.33. The maximum absolute atomic E-state index is 13.4. The first-order valence-corrected chi connectivity index (χ1v) is 8.80. The first-order valence-electron chi connectivity index (χ1n) is 8.22. The molecule has 9 heteroatoms. The Morgan fingerprint density at radius 3 is 2.58 bits per heavy atom. The van der Waals surface area contributed by atoms with Crippen LogP contribution in [0.25, 0.3) is 11.4 Å². The lowest BCUT2D eigenvalue weighted by Crippen LogP contribution is -2.18. The van der Waals surface area contributed by atoms with E-state index in [4.69, 9.17) is 10.5 Å². The normalized spacial score (nSPS) is 15.3. The summed E-state index contributed by atoms with van der Waals surface area (Å²) < 4.78 is 45.9. The van der Waals surface area contributed by atoms with Gasteiger partial charge in [0.1, 0.15) is 24.7 Å². The van der Waals surface area contributed by atoms with E-state index in [1.54, 1.807) is 24.3 Å². The third-order valence-electron chi connectivity index (χ3n) is 3.96. The van der Waals surface area contributed by atoms with Gasteiger partial charge in [-0.1, -0.05) is 9.24 Å². The van der Waals surface area contributed by atoms with Gasteiger partial charge in [-0.05, 0) is 37.1 Å². The summed E-state index contributed by atoms with van der Waals surface area (Å²) >= 11 is 0. The fourth-order valence-corrected chi connectivity index (χ4v) is 2.62. The van der Waals surface area contributed by atoms with Crippen molar-refractivity contribution in [1.29, 1.82) is 0 Å². The zero-order valence-corrected chi connectivity index (χ0v) is 15.2. The van der Waals surface area contributed by atoms with E-state index in [2.05, 4.69) is 10.1 Å². The molecule has 2 N–H and O–H groups in total. The topological polar surface area (TPSA) is 66.0 Å². The lowest BCUT2D eigenvalue weighted by Gasteiger charge is -2.11. The molecule has 0 amide bonds. The van der Waals surface area contributed by atoms with Gasteiger partial charge in [-0.2, -0.15) is 5.10 Å². The van der Waals surface area contributed by atoms with Gasteiger partial charge in [0, 0.05) is 23.6 Å². The number of benzene rings is 1. The predicted molar refractivity (Wildman–Crippen MR) is 95.8 cm³/mol. The molecular weight excluding hydrogens is 364 g/mol. The maximum atomic E-state index is 13.4. The molecule has 1 unspecified atom stereocenters. The van der Waals surface area contributed by atoms with Crippen LogP contribution < -0.4 is 10.5 Å². The minimum absolute atomic E-state index is 0.0638. The Labute approximate surface area is 151 Å². The molecule has 0 bridgehead atoms. The minimum atomic E-state index is -2.93. The van der Waals surface area contributed by atoms with Crippen molar-refractivity contribution in [1.82, 2.24) is 14.8 Å². The molecule has 1 saturated carbocycles. The summed E-state index contributed by atoms with van der Waals surface area (Å²) in [5, 5.41) is 4.25. The Morgan fingerprint density at radius 2 is 2.04 bits per heavy atom. The van der Waals surface area contributed by atoms with Crippen molar-refractivity contribution in [2.24, 2.45) is 5.73 Å². The Kier molecular flexibility index (Phi) is 5.63. The van der Waals surface area contributed by atoms with Gasteiger partial charge in [0.05, 0.1) is 6.33 Å². The highest BCUT2D eigenvalue weighted by atomic mass is 31.0. The average Bonchev–Trinajstić information content (AvgIpc) is 3.36. The van der Waals surface area contributed by atoms with E-state index in [0.29, 0.717) is 34.9 Å². The van der Waals surface area contributed by atoms with E-state index in [0.717, 1.165) is 12.8 Å². The highest BCUT2D eigenvalue weighted by molar-refractivity contribution is 7.18. The van der Waals surface area contributed by atoms with Crippen molar-refractivity contribution in [2.45, 2.75) is 31.0 Å². The minimum Gasteiger partial charge on any atom is -0.489 e. The molecule has 1 atom stereocenters. The van der Waals surface area contributed by atoms with Crippen LogP contribution in [-0.2, 0) is 6.54 Å². The highest BCUT2D eigenvalue weighted by Crippen LogP contribution is 2.40. The first-order chi connectivity index (χ1) is 12.4. The fraction of sp³-hybridized carbons (Fsp3) is 0.412. The molecule has 0 aliphatic heterocycles. The molecule has 140 valence electrons. The summed E-state index contributed by atoms with van der Waals surface area (Å²) in [6.45, 7) is -0.371. The first kappa shape index (κ1) is 18.9. The monoisotopic (exact) mass is 384 g/mol. The van der Waals surface area contributed by atoms with Crippen LogP contribution in [0.3, 0.4) is 0 Å². The molecule has 1 heterocycles. The summed E-state index contributed by atoms with van der Waals surface area (Å²) in [5.41, 5.74) is 3.49. The zero-order valence-electron chi connectivity index (χ0n) is 14.0. The molecule has 1 aromatic carbocycles. The number of rotatable bonds is 8. The summed E-state index contributed by atoms with van der Waals surface area (Å²) in [7, 11) is 1.53. The molecule has 0 saturated heterocycles. The number of alkyl halides is 2. The summed E-state index contributed by atoms with van der Waals surface area (Å²) in [5.74, 6) is 1.75. The van der Waals surface area contributed by atoms with Crippen LogP contribution in [0.15, 0.2) is 36.2 Å². The van der Waals surface area contributed by atoms with E-state index in [1.807, 2.05) is 0 Å². The maximum Gasteiger partial charge on any atom is 0.278 e. The van der Waals surface area contributed by atoms with Crippen molar-refractivity contribution in [3.05, 3.63) is 42.0 Å². The smallest absolute Gasteiger partial charge is 0.278 e. The van der Waals surface area contributed by atoms with Crippen LogP contribution in [0.2, 0.25) is 0 Å². The van der Waals surface area contributed by atoms with Gasteiger partial charge < -0.3 is 10.5 Å². The van der Waals surface area contributed by atoms with E-state index in [9.17, 15) is 13.2 Å². The molecule has 3 rings (SSSR count). The number of halogens is 3. The molecule has 0 spiro atoms. The predicted octanol–water partition coefficient (Wildman–Crippen LogP) is 3.48. The molecule has 2 aromatic rings. The average molecular weight is 384 g/mol. The van der Waals surface area contributed by atoms with Gasteiger partial charge in [0.15, 0.2) is 5.82 Å². The number of nitrogens with zero attached hydrogens (tertiary/aromatic N) is 3. The third kappa shape index (κ3) is 4.83. The van der Waals surface area contributed by atoms with Gasteiger partial charge in [-0.15, -0.1) is 0 Å². The van der Waals surface area contributed by atoms with Crippen molar-refractivity contribution in [3.63, 3.8) is 0 Å². The second-order valence-electron chi connectivity index (χ2n) is 6.27. The van der Waals surface area contributed by atoms with Crippen LogP contribution >= 0.6 is 9.24 Å². The summed E-state index contributed by atoms with van der Waals surface area (Å²) in [4.78, 5) is 4.45. The Hall–Kier alpha value is -1.92. The van der Waals surface area contributed by atoms with Crippen molar-refractivity contribution in [3.8, 4) is 17.1 Å². The number of hydrogen-bond acceptors (Lipinski definition) is 4. The van der Waals surface area contributed by atoms with Gasteiger partial charge in [-0.3, -0.25) is 0 Å². The van der Waals surface area contributed by atoms with Gasteiger partial charge in [-0.25, -0.2) is 22.8 Å². The number of aromatic nitrogens is 3. The molecule has 5 nitrogen and oxygen atoms in total. The molecule has 0 radical (unpaired) electrons. The van der Waals surface area contributed by atoms with Crippen molar-refractivity contribution in [2.75, 3.05) is 13.2 Å². The lowest BCUT2D eigenvalue weighted by atomic mass is 10.2. The molecule has 1 fully saturated rings. The summed E-state index contributed by atoms with van der Waals surface area (Å²) in [6.07, 6.45) is 2.32. The Balaban J connectivity index is 1.75. The molecule has 26 heavy (non-hydrogen) atoms. The van der Waals surface area contributed by atoms with Crippen LogP contribution in [0.4, 0.5) is 13.2 Å². The van der Waals surface area contributed by atoms with E-state index < -0.39 is 12.2 Å². The van der Waals surface area contributed by atoms with Gasteiger partial charge >= 0.3 is 0 Å². The fourth-order valence-electron chi connectivity index (χ4n) is 2.45. The van der Waals surface area contributed by atoms with Crippen molar-refractivity contribution >= 4 is 9.24 Å². The van der Waals surface area contributed by atoms with E-state index in [1.165, 1.54) is 13.9 Å². The SMILES string of the molecule is NC/C(=C\F)COc1ccc(-c2nc(C3CC3)n(CC(F)(F)P)n2)cc1. The Morgan fingerprint density at radius 1 is 1.35 bits per heavy atom. The van der Waals surface area contributed by atoms with Crippen molar-refractivity contribution < 1.29 is 17.9 Å². The molecule has 1 aliphatic rings. The second kappa shape index (κ2) is 7.76. The largest absolute Gasteiger partial charge is 0.489 e. The number of nitrogens with two attached hydrogens (primary N) is 1. The van der Waals surface area contributed by atoms with Crippen LogP contribution in [-0.4, -0.2) is 33.6 Å². The van der Waals surface area contributed by atoms with Gasteiger partial charge in [0.2, 0.25) is 0 Å². The summed E-state index contributed by atoms with van der Waals surface area (Å²) in [6, 6.07) is 6.88. The second-order valence-corrected chi connectivity index (χ2v) is 7.12. The van der Waals surface area contributed by atoms with Crippen LogP contribution in [0.5, 0.6) is 5.75 Å². The van der Waals surface area contributed by atoms with Crippen LogP contribution in [0.1, 0.15) is 24.6 Å². The number of hydrogen-bond donors (Lipinski definition) is 1. The Bertz CT molecular complexity index is 782. The standard InChI is InChI=1S/C17H20F3N4OP/c18-7-11(8-21)9-25-14-5-3-12(4-6-14)15-22-16(13-1-2-13)24(23-15)10-17(19,20)26/h3-7,13H,1-2,8-10,21,26H2/b11-7+. The number of ether oxygens (including phenoxy) is 1. The van der Waals surface area contributed by atoms with E-state index in [-0.39, 0.29) is 19.1 Å². The third-order valence-corrected chi connectivity index (χ3v) is 4.14.